The van der Waals surface area contributed by atoms with Gasteiger partial charge in [-0.05, 0) is 33.8 Å². The zero-order chi connectivity index (χ0) is 12.2. The van der Waals surface area contributed by atoms with Crippen molar-refractivity contribution in [3.63, 3.8) is 0 Å². The molecule has 0 bridgehead atoms. The van der Waals surface area contributed by atoms with Crippen LogP contribution in [0.4, 0.5) is 4.79 Å². The maximum Gasteiger partial charge on any atom is 0.416 e. The summed E-state index contributed by atoms with van der Waals surface area (Å²) in [6.45, 7) is 8.43. The molecule has 0 aliphatic rings. The van der Waals surface area contributed by atoms with Crippen LogP contribution in [0, 0.1) is 0 Å². The number of rotatable bonds is 2. The summed E-state index contributed by atoms with van der Waals surface area (Å²) in [6, 6.07) is 5.22. The third-order valence-corrected chi connectivity index (χ3v) is 2.18. The van der Waals surface area contributed by atoms with E-state index in [0.29, 0.717) is 12.4 Å². The van der Waals surface area contributed by atoms with E-state index in [4.69, 9.17) is 4.74 Å². The molecular formula is C12H18N2O2. The van der Waals surface area contributed by atoms with Gasteiger partial charge in [-0.1, -0.05) is 6.07 Å². The van der Waals surface area contributed by atoms with E-state index in [2.05, 4.69) is 4.98 Å². The normalized spacial score (nSPS) is 11.0. The van der Waals surface area contributed by atoms with Crippen molar-refractivity contribution in [2.45, 2.75) is 33.2 Å². The van der Waals surface area contributed by atoms with Gasteiger partial charge in [0.25, 0.3) is 0 Å². The number of pyridine rings is 1. The first-order valence-corrected chi connectivity index (χ1v) is 5.35. The van der Waals surface area contributed by atoms with Gasteiger partial charge in [-0.15, -0.1) is 0 Å². The monoisotopic (exact) mass is 222 g/mol. The number of carbonyl (C=O) groups is 1. The van der Waals surface area contributed by atoms with Gasteiger partial charge in [0.15, 0.2) is 0 Å². The molecule has 0 aliphatic heterocycles. The van der Waals surface area contributed by atoms with Crippen LogP contribution in [0.25, 0.3) is 0 Å². The summed E-state index contributed by atoms with van der Waals surface area (Å²) >= 11 is 0. The standard InChI is InChI=1S/C12H18N2O2/c1-5-14(12(2,3)4)11(15)16-10-8-6-7-9-13-10/h6-9H,5H2,1-4H3. The van der Waals surface area contributed by atoms with Gasteiger partial charge in [-0.25, -0.2) is 9.78 Å². The first-order chi connectivity index (χ1) is 7.45. The van der Waals surface area contributed by atoms with Gasteiger partial charge in [0, 0.05) is 24.3 Å². The van der Waals surface area contributed by atoms with E-state index >= 15 is 0 Å². The van der Waals surface area contributed by atoms with Gasteiger partial charge in [-0.2, -0.15) is 0 Å². The second-order valence-corrected chi connectivity index (χ2v) is 4.45. The van der Waals surface area contributed by atoms with Crippen molar-refractivity contribution < 1.29 is 9.53 Å². The Hall–Kier alpha value is -1.58. The second kappa shape index (κ2) is 4.96. The average Bonchev–Trinajstić information content (AvgIpc) is 2.17. The molecule has 1 amide bonds. The van der Waals surface area contributed by atoms with Crippen molar-refractivity contribution in [3.8, 4) is 5.88 Å². The molecule has 0 saturated carbocycles. The molecule has 4 heteroatoms. The Morgan fingerprint density at radius 3 is 2.56 bits per heavy atom. The van der Waals surface area contributed by atoms with Crippen molar-refractivity contribution in [1.82, 2.24) is 9.88 Å². The summed E-state index contributed by atoms with van der Waals surface area (Å²) in [4.78, 5) is 17.5. The van der Waals surface area contributed by atoms with Gasteiger partial charge >= 0.3 is 6.09 Å². The zero-order valence-corrected chi connectivity index (χ0v) is 10.2. The van der Waals surface area contributed by atoms with Crippen LogP contribution in [0.1, 0.15) is 27.7 Å². The summed E-state index contributed by atoms with van der Waals surface area (Å²) in [5.74, 6) is 0.329. The topological polar surface area (TPSA) is 42.4 Å². The minimum atomic E-state index is -0.367. The molecule has 0 atom stereocenters. The van der Waals surface area contributed by atoms with Crippen LogP contribution in [0.2, 0.25) is 0 Å². The molecule has 0 aromatic carbocycles. The third-order valence-electron chi connectivity index (χ3n) is 2.18. The SMILES string of the molecule is CCN(C(=O)Oc1ccccn1)C(C)(C)C. The van der Waals surface area contributed by atoms with Crippen molar-refractivity contribution in [1.29, 1.82) is 0 Å². The molecule has 4 nitrogen and oxygen atoms in total. The Bertz CT molecular complexity index is 344. The van der Waals surface area contributed by atoms with Crippen molar-refractivity contribution in [3.05, 3.63) is 24.4 Å². The van der Waals surface area contributed by atoms with Crippen LogP contribution in [0.15, 0.2) is 24.4 Å². The quantitative estimate of drug-likeness (QED) is 0.772. The highest BCUT2D eigenvalue weighted by Gasteiger charge is 2.26. The van der Waals surface area contributed by atoms with Crippen LogP contribution < -0.4 is 4.74 Å². The lowest BCUT2D eigenvalue weighted by Gasteiger charge is -2.33. The number of amides is 1. The predicted octanol–water partition coefficient (Wildman–Crippen LogP) is 2.70. The zero-order valence-electron chi connectivity index (χ0n) is 10.2. The Balaban J connectivity index is 2.71. The van der Waals surface area contributed by atoms with Crippen molar-refractivity contribution in [2.75, 3.05) is 6.54 Å². The lowest BCUT2D eigenvalue weighted by atomic mass is 10.1. The number of nitrogens with zero attached hydrogens (tertiary/aromatic N) is 2. The Kier molecular flexibility index (Phi) is 3.88. The first-order valence-electron chi connectivity index (χ1n) is 5.35. The van der Waals surface area contributed by atoms with E-state index in [1.807, 2.05) is 27.7 Å². The van der Waals surface area contributed by atoms with Gasteiger partial charge in [0.1, 0.15) is 0 Å². The summed E-state index contributed by atoms with van der Waals surface area (Å²) in [7, 11) is 0. The molecule has 0 unspecified atom stereocenters. The van der Waals surface area contributed by atoms with E-state index in [1.165, 1.54) is 0 Å². The average molecular weight is 222 g/mol. The van der Waals surface area contributed by atoms with E-state index in [-0.39, 0.29) is 11.6 Å². The van der Waals surface area contributed by atoms with Crippen LogP contribution in [-0.4, -0.2) is 28.1 Å². The summed E-state index contributed by atoms with van der Waals surface area (Å²) in [5.41, 5.74) is -0.249. The van der Waals surface area contributed by atoms with E-state index in [0.717, 1.165) is 0 Å². The maximum absolute atomic E-state index is 11.9. The molecule has 1 rings (SSSR count). The van der Waals surface area contributed by atoms with Crippen LogP contribution in [0.3, 0.4) is 0 Å². The van der Waals surface area contributed by atoms with E-state index < -0.39 is 0 Å². The highest BCUT2D eigenvalue weighted by molar-refractivity contribution is 5.70. The molecule has 0 aliphatic carbocycles. The molecule has 0 fully saturated rings. The number of hydrogen-bond donors (Lipinski definition) is 0. The highest BCUT2D eigenvalue weighted by atomic mass is 16.6. The lowest BCUT2D eigenvalue weighted by molar-refractivity contribution is 0.109. The number of aromatic nitrogens is 1. The van der Waals surface area contributed by atoms with Gasteiger partial charge in [0.05, 0.1) is 0 Å². The Morgan fingerprint density at radius 1 is 1.44 bits per heavy atom. The molecule has 1 aromatic heterocycles. The molecule has 88 valence electrons. The van der Waals surface area contributed by atoms with Crippen LogP contribution in [0.5, 0.6) is 5.88 Å². The summed E-state index contributed by atoms with van der Waals surface area (Å²) in [6.07, 6.45) is 1.23. The fourth-order valence-corrected chi connectivity index (χ4v) is 1.43. The van der Waals surface area contributed by atoms with Crippen molar-refractivity contribution >= 4 is 6.09 Å². The fraction of sp³-hybridized carbons (Fsp3) is 0.500. The molecule has 0 saturated heterocycles. The number of ether oxygens (including phenoxy) is 1. The Morgan fingerprint density at radius 2 is 2.12 bits per heavy atom. The third kappa shape index (κ3) is 3.22. The second-order valence-electron chi connectivity index (χ2n) is 4.45. The van der Waals surface area contributed by atoms with E-state index in [9.17, 15) is 4.79 Å². The largest absolute Gasteiger partial charge is 0.416 e. The van der Waals surface area contributed by atoms with Gasteiger partial charge < -0.3 is 9.64 Å². The highest BCUT2D eigenvalue weighted by Crippen LogP contribution is 2.15. The van der Waals surface area contributed by atoms with Crippen LogP contribution >= 0.6 is 0 Å². The fourth-order valence-electron chi connectivity index (χ4n) is 1.43. The minimum absolute atomic E-state index is 0.249. The summed E-state index contributed by atoms with van der Waals surface area (Å²) < 4.78 is 5.17. The maximum atomic E-state index is 11.9. The number of hydrogen-bond acceptors (Lipinski definition) is 3. The molecule has 1 aromatic rings. The molecule has 0 N–H and O–H groups in total. The summed E-state index contributed by atoms with van der Waals surface area (Å²) in [5, 5.41) is 0. The molecule has 0 radical (unpaired) electrons. The van der Waals surface area contributed by atoms with Crippen LogP contribution in [-0.2, 0) is 0 Å². The number of carbonyl (C=O) groups excluding carboxylic acids is 1. The molecule has 1 heterocycles. The molecule has 0 spiro atoms. The minimum Gasteiger partial charge on any atom is -0.391 e. The van der Waals surface area contributed by atoms with E-state index in [1.54, 1.807) is 29.3 Å². The molecule has 16 heavy (non-hydrogen) atoms. The van der Waals surface area contributed by atoms with Gasteiger partial charge in [0.2, 0.25) is 5.88 Å². The predicted molar refractivity (Wildman–Crippen MR) is 62.4 cm³/mol. The van der Waals surface area contributed by atoms with Crippen molar-refractivity contribution in [2.24, 2.45) is 0 Å². The molecular weight excluding hydrogens is 204 g/mol. The smallest absolute Gasteiger partial charge is 0.391 e. The van der Waals surface area contributed by atoms with Gasteiger partial charge in [-0.3, -0.25) is 0 Å². The lowest BCUT2D eigenvalue weighted by Crippen LogP contribution is -2.46. The Labute approximate surface area is 96.2 Å². The first kappa shape index (κ1) is 12.5.